The van der Waals surface area contributed by atoms with Crippen LogP contribution in [0.4, 0.5) is 4.39 Å². The van der Waals surface area contributed by atoms with Crippen LogP contribution in [-0.4, -0.2) is 62.6 Å². The lowest BCUT2D eigenvalue weighted by Gasteiger charge is -2.35. The van der Waals surface area contributed by atoms with Gasteiger partial charge in [-0.3, -0.25) is 0 Å². The first-order valence-corrected chi connectivity index (χ1v) is 13.4. The molecule has 2 aromatic carbocycles. The van der Waals surface area contributed by atoms with Crippen molar-refractivity contribution in [1.82, 2.24) is 24.6 Å². The highest BCUT2D eigenvalue weighted by Crippen LogP contribution is 2.36. The highest BCUT2D eigenvalue weighted by Gasteiger charge is 2.30. The first kappa shape index (κ1) is 24.1. The Hall–Kier alpha value is -3.23. The molecule has 0 radical (unpaired) electrons. The molecule has 4 aromatic rings. The van der Waals surface area contributed by atoms with Gasteiger partial charge in [-0.05, 0) is 87.4 Å². The van der Waals surface area contributed by atoms with Gasteiger partial charge < -0.3 is 19.7 Å². The van der Waals surface area contributed by atoms with E-state index in [0.29, 0.717) is 18.8 Å². The summed E-state index contributed by atoms with van der Waals surface area (Å²) in [4.78, 5) is 10.6. The monoisotopic (exact) mass is 503 g/mol. The summed E-state index contributed by atoms with van der Waals surface area (Å²) >= 11 is 0. The molecule has 2 aliphatic heterocycles. The molecule has 0 aliphatic carbocycles. The standard InChI is InChI=1S/C29H34FN5O2/c30-23-8-5-20(6-9-23)7-10-24-27(22-11-15-34(16-12-22)19-21-13-17-37-18-14-21)33-35(28(24)36)29-31-25-3-1-2-4-26(25)32-29/h1-6,8-9,21-22,36H,7,10-19H2,(H,31,32). The molecule has 0 saturated carbocycles. The molecule has 0 bridgehead atoms. The molecule has 4 heterocycles. The normalized spacial score (nSPS) is 18.1. The van der Waals surface area contributed by atoms with Gasteiger partial charge in [0.1, 0.15) is 5.82 Å². The van der Waals surface area contributed by atoms with Crippen LogP contribution in [0.2, 0.25) is 0 Å². The van der Waals surface area contributed by atoms with Crippen molar-refractivity contribution in [3.63, 3.8) is 0 Å². The predicted molar refractivity (Wildman–Crippen MR) is 141 cm³/mol. The van der Waals surface area contributed by atoms with Crippen LogP contribution in [0.15, 0.2) is 48.5 Å². The Balaban J connectivity index is 1.24. The van der Waals surface area contributed by atoms with E-state index in [1.165, 1.54) is 12.1 Å². The lowest BCUT2D eigenvalue weighted by molar-refractivity contribution is 0.0487. The van der Waals surface area contributed by atoms with Crippen molar-refractivity contribution in [2.24, 2.45) is 5.92 Å². The second kappa shape index (κ2) is 10.6. The third-order valence-electron chi connectivity index (χ3n) is 7.97. The number of hydrogen-bond acceptors (Lipinski definition) is 5. The summed E-state index contributed by atoms with van der Waals surface area (Å²) in [7, 11) is 0. The molecular formula is C29H34FN5O2. The number of nitrogens with zero attached hydrogens (tertiary/aromatic N) is 4. The average molecular weight is 504 g/mol. The molecule has 2 aromatic heterocycles. The number of aromatic amines is 1. The second-order valence-electron chi connectivity index (χ2n) is 10.4. The summed E-state index contributed by atoms with van der Waals surface area (Å²) < 4.78 is 20.5. The number of hydrogen-bond donors (Lipinski definition) is 2. The maximum Gasteiger partial charge on any atom is 0.232 e. The summed E-state index contributed by atoms with van der Waals surface area (Å²) in [5, 5.41) is 16.3. The number of para-hydroxylation sites is 2. The van der Waals surface area contributed by atoms with Crippen LogP contribution in [-0.2, 0) is 17.6 Å². The Bertz CT molecular complexity index is 1300. The molecule has 7 nitrogen and oxygen atoms in total. The third-order valence-corrected chi connectivity index (χ3v) is 7.97. The number of nitrogens with one attached hydrogen (secondary N) is 1. The number of fused-ring (bicyclic) bond motifs is 1. The van der Waals surface area contributed by atoms with Gasteiger partial charge in [0.2, 0.25) is 11.8 Å². The maximum absolute atomic E-state index is 13.4. The molecule has 194 valence electrons. The fraction of sp³-hybridized carbons (Fsp3) is 0.448. The fourth-order valence-corrected chi connectivity index (χ4v) is 5.82. The first-order valence-electron chi connectivity index (χ1n) is 13.4. The first-order chi connectivity index (χ1) is 18.1. The van der Waals surface area contributed by atoms with E-state index in [2.05, 4.69) is 14.9 Å². The maximum atomic E-state index is 13.4. The van der Waals surface area contributed by atoms with Gasteiger partial charge in [0.05, 0.1) is 16.7 Å². The lowest BCUT2D eigenvalue weighted by Crippen LogP contribution is -2.38. The number of piperidine rings is 1. The number of H-pyrrole nitrogens is 1. The van der Waals surface area contributed by atoms with E-state index in [0.717, 1.165) is 92.3 Å². The van der Waals surface area contributed by atoms with Gasteiger partial charge in [-0.1, -0.05) is 24.3 Å². The predicted octanol–water partition coefficient (Wildman–Crippen LogP) is 4.98. The van der Waals surface area contributed by atoms with E-state index in [9.17, 15) is 9.50 Å². The highest BCUT2D eigenvalue weighted by atomic mass is 19.1. The van der Waals surface area contributed by atoms with Crippen LogP contribution in [0.3, 0.4) is 0 Å². The topological polar surface area (TPSA) is 79.2 Å². The Kier molecular flexibility index (Phi) is 6.93. The van der Waals surface area contributed by atoms with Gasteiger partial charge in [0.25, 0.3) is 0 Å². The Labute approximate surface area is 216 Å². The molecule has 2 fully saturated rings. The molecule has 0 unspecified atom stereocenters. The number of aryl methyl sites for hydroxylation is 1. The van der Waals surface area contributed by atoms with E-state index in [1.54, 1.807) is 4.68 Å². The molecule has 8 heteroatoms. The van der Waals surface area contributed by atoms with Crippen molar-refractivity contribution in [1.29, 1.82) is 0 Å². The number of ether oxygens (including phenoxy) is 1. The summed E-state index contributed by atoms with van der Waals surface area (Å²) in [5.74, 6) is 1.43. The van der Waals surface area contributed by atoms with E-state index in [-0.39, 0.29) is 17.6 Å². The number of benzene rings is 2. The van der Waals surface area contributed by atoms with Gasteiger partial charge in [-0.2, -0.15) is 9.78 Å². The molecular weight excluding hydrogens is 469 g/mol. The molecule has 37 heavy (non-hydrogen) atoms. The number of halogens is 1. The summed E-state index contributed by atoms with van der Waals surface area (Å²) in [6.07, 6.45) is 5.68. The summed E-state index contributed by atoms with van der Waals surface area (Å²) in [6.45, 7) is 5.00. The van der Waals surface area contributed by atoms with Gasteiger partial charge >= 0.3 is 0 Å². The van der Waals surface area contributed by atoms with E-state index >= 15 is 0 Å². The number of aromatic nitrogens is 4. The lowest BCUT2D eigenvalue weighted by atomic mass is 9.89. The van der Waals surface area contributed by atoms with Crippen molar-refractivity contribution in [2.75, 3.05) is 32.8 Å². The number of aromatic hydroxyl groups is 1. The molecule has 2 N–H and O–H groups in total. The number of rotatable bonds is 7. The Morgan fingerprint density at radius 1 is 0.973 bits per heavy atom. The zero-order valence-electron chi connectivity index (χ0n) is 21.1. The largest absolute Gasteiger partial charge is 0.493 e. The van der Waals surface area contributed by atoms with Gasteiger partial charge in [-0.15, -0.1) is 0 Å². The van der Waals surface area contributed by atoms with Crippen LogP contribution in [0.1, 0.15) is 48.4 Å². The fourth-order valence-electron chi connectivity index (χ4n) is 5.82. The molecule has 2 aliphatic rings. The third kappa shape index (κ3) is 5.26. The molecule has 2 saturated heterocycles. The van der Waals surface area contributed by atoms with Gasteiger partial charge in [0.15, 0.2) is 0 Å². The quantitative estimate of drug-likeness (QED) is 0.372. The Morgan fingerprint density at radius 2 is 1.73 bits per heavy atom. The SMILES string of the molecule is Oc1c(CCc2ccc(F)cc2)c(C2CCN(CC3CCOCC3)CC2)nn1-c1nc2ccccc2[nH]1. The molecule has 0 amide bonds. The minimum Gasteiger partial charge on any atom is -0.493 e. The van der Waals surface area contributed by atoms with Crippen molar-refractivity contribution >= 4 is 11.0 Å². The smallest absolute Gasteiger partial charge is 0.232 e. The van der Waals surface area contributed by atoms with Gasteiger partial charge in [0, 0.05) is 31.2 Å². The van der Waals surface area contributed by atoms with Crippen LogP contribution in [0.5, 0.6) is 5.88 Å². The molecule has 6 rings (SSSR count). The summed E-state index contributed by atoms with van der Waals surface area (Å²) in [6, 6.07) is 14.4. The van der Waals surface area contributed by atoms with Crippen molar-refractivity contribution < 1.29 is 14.2 Å². The average Bonchev–Trinajstić information content (AvgIpc) is 3.50. The minimum absolute atomic E-state index is 0.140. The minimum atomic E-state index is -0.238. The van der Waals surface area contributed by atoms with E-state index in [4.69, 9.17) is 9.84 Å². The zero-order valence-corrected chi connectivity index (χ0v) is 21.1. The van der Waals surface area contributed by atoms with E-state index in [1.807, 2.05) is 36.4 Å². The highest BCUT2D eigenvalue weighted by molar-refractivity contribution is 5.76. The summed E-state index contributed by atoms with van der Waals surface area (Å²) in [5.41, 5.74) is 4.61. The number of likely N-dealkylation sites (tertiary alicyclic amines) is 1. The van der Waals surface area contributed by atoms with E-state index < -0.39 is 0 Å². The van der Waals surface area contributed by atoms with Crippen molar-refractivity contribution in [3.05, 3.63) is 71.2 Å². The zero-order chi connectivity index (χ0) is 25.2. The molecule has 0 spiro atoms. The van der Waals surface area contributed by atoms with Crippen LogP contribution in [0.25, 0.3) is 17.0 Å². The van der Waals surface area contributed by atoms with Crippen LogP contribution < -0.4 is 0 Å². The van der Waals surface area contributed by atoms with Gasteiger partial charge in [-0.25, -0.2) is 9.37 Å². The molecule has 0 atom stereocenters. The second-order valence-corrected chi connectivity index (χ2v) is 10.4. The van der Waals surface area contributed by atoms with Crippen LogP contribution >= 0.6 is 0 Å². The Morgan fingerprint density at radius 3 is 2.49 bits per heavy atom. The van der Waals surface area contributed by atoms with Crippen molar-refractivity contribution in [2.45, 2.75) is 44.4 Å². The number of imidazole rings is 1. The van der Waals surface area contributed by atoms with Crippen molar-refractivity contribution in [3.8, 4) is 11.8 Å². The van der Waals surface area contributed by atoms with Crippen LogP contribution in [0, 0.1) is 11.7 Å².